The minimum absolute atomic E-state index is 0.0465. The van der Waals surface area contributed by atoms with E-state index in [-0.39, 0.29) is 12.1 Å². The molecule has 0 aliphatic carbocycles. The number of carbonyl (C=O) groups excluding carboxylic acids is 1. The Morgan fingerprint density at radius 2 is 1.86 bits per heavy atom. The van der Waals surface area contributed by atoms with Crippen LogP contribution in [-0.2, 0) is 11.2 Å². The molecule has 1 aromatic heterocycles. The molecule has 0 bridgehead atoms. The Morgan fingerprint density at radius 3 is 2.62 bits per heavy atom. The molecule has 0 aliphatic heterocycles. The molecule has 0 unspecified atom stereocenters. The van der Waals surface area contributed by atoms with Crippen LogP contribution in [0.5, 0.6) is 0 Å². The van der Waals surface area contributed by atoms with Crippen LogP contribution in [-0.4, -0.2) is 11.1 Å². The number of nitrogens with zero attached hydrogens (tertiary/aromatic N) is 1. The lowest BCUT2D eigenvalue weighted by atomic mass is 10.1. The lowest BCUT2D eigenvalue weighted by Gasteiger charge is -2.04. The molecule has 1 N–H and O–H groups in total. The van der Waals surface area contributed by atoms with E-state index in [0.29, 0.717) is 11.3 Å². The molecule has 0 fully saturated rings. The van der Waals surface area contributed by atoms with Crippen molar-refractivity contribution in [3.63, 3.8) is 0 Å². The molecule has 1 amide bonds. The molecule has 4 nitrogen and oxygen atoms in total. The van der Waals surface area contributed by atoms with E-state index in [1.807, 2.05) is 6.07 Å². The number of hydrogen-bond donors (Lipinski definition) is 1. The Kier molecular flexibility index (Phi) is 3.35. The predicted octanol–water partition coefficient (Wildman–Crippen LogP) is 3.29. The molecule has 0 spiro atoms. The van der Waals surface area contributed by atoms with Crippen molar-refractivity contribution in [2.75, 3.05) is 5.32 Å². The summed E-state index contributed by atoms with van der Waals surface area (Å²) in [5, 5.41) is 6.99. The summed E-state index contributed by atoms with van der Waals surface area (Å²) in [5.74, 6) is -1.94. The Morgan fingerprint density at radius 1 is 1.14 bits per heavy atom. The molecule has 106 valence electrons. The number of hydrogen-bond acceptors (Lipinski definition) is 3. The minimum atomic E-state index is -0.753. The van der Waals surface area contributed by atoms with Crippen molar-refractivity contribution in [1.82, 2.24) is 5.16 Å². The average molecular weight is 288 g/mol. The van der Waals surface area contributed by atoms with E-state index in [1.165, 1.54) is 0 Å². The zero-order chi connectivity index (χ0) is 14.8. The lowest BCUT2D eigenvalue weighted by molar-refractivity contribution is -0.115. The van der Waals surface area contributed by atoms with E-state index in [1.54, 1.807) is 18.2 Å². The number of rotatable bonds is 3. The quantitative estimate of drug-likeness (QED) is 0.804. The fourth-order valence-corrected chi connectivity index (χ4v) is 2.05. The molecule has 3 rings (SSSR count). The fraction of sp³-hybridized carbons (Fsp3) is 0.0667. The highest BCUT2D eigenvalue weighted by Crippen LogP contribution is 2.19. The van der Waals surface area contributed by atoms with Crippen molar-refractivity contribution in [2.45, 2.75) is 6.42 Å². The second-order valence-corrected chi connectivity index (χ2v) is 4.51. The first-order chi connectivity index (χ1) is 10.1. The minimum Gasteiger partial charge on any atom is -0.356 e. The van der Waals surface area contributed by atoms with Gasteiger partial charge in [0, 0.05) is 17.1 Å². The first-order valence-electron chi connectivity index (χ1n) is 6.21. The maximum Gasteiger partial charge on any atom is 0.230 e. The number of fused-ring (bicyclic) bond motifs is 1. The summed E-state index contributed by atoms with van der Waals surface area (Å²) in [4.78, 5) is 11.9. The third-order valence-electron chi connectivity index (χ3n) is 2.93. The molecule has 21 heavy (non-hydrogen) atoms. The number of para-hydroxylation sites is 1. The van der Waals surface area contributed by atoms with E-state index < -0.39 is 17.5 Å². The molecular formula is C15H10F2N2O2. The normalized spacial score (nSPS) is 10.8. The van der Waals surface area contributed by atoms with Crippen LogP contribution in [0.4, 0.5) is 14.5 Å². The molecular weight excluding hydrogens is 278 g/mol. The van der Waals surface area contributed by atoms with Crippen LogP contribution in [0.1, 0.15) is 5.69 Å². The summed E-state index contributed by atoms with van der Waals surface area (Å²) in [6.07, 6.45) is -0.0465. The van der Waals surface area contributed by atoms with Gasteiger partial charge in [0.15, 0.2) is 5.58 Å². The molecule has 0 saturated carbocycles. The smallest absolute Gasteiger partial charge is 0.230 e. The van der Waals surface area contributed by atoms with Crippen molar-refractivity contribution in [1.29, 1.82) is 0 Å². The van der Waals surface area contributed by atoms with E-state index in [2.05, 4.69) is 10.5 Å². The number of anilines is 1. The Hall–Kier alpha value is -2.76. The lowest BCUT2D eigenvalue weighted by Crippen LogP contribution is -2.15. The maximum atomic E-state index is 13.0. The van der Waals surface area contributed by atoms with Crippen molar-refractivity contribution in [2.24, 2.45) is 0 Å². The molecule has 3 aromatic rings. The molecule has 0 radical (unpaired) electrons. The van der Waals surface area contributed by atoms with Gasteiger partial charge in [-0.25, -0.2) is 8.78 Å². The zero-order valence-corrected chi connectivity index (χ0v) is 10.8. The summed E-state index contributed by atoms with van der Waals surface area (Å²) < 4.78 is 31.2. The SMILES string of the molecule is O=C(Cc1noc2ccccc12)Nc1cc(F)cc(F)c1. The van der Waals surface area contributed by atoms with Crippen molar-refractivity contribution >= 4 is 22.6 Å². The van der Waals surface area contributed by atoms with Gasteiger partial charge in [-0.05, 0) is 24.3 Å². The summed E-state index contributed by atoms with van der Waals surface area (Å²) >= 11 is 0. The molecule has 0 aliphatic rings. The van der Waals surface area contributed by atoms with Gasteiger partial charge in [-0.15, -0.1) is 0 Å². The van der Waals surface area contributed by atoms with Gasteiger partial charge in [-0.3, -0.25) is 4.79 Å². The summed E-state index contributed by atoms with van der Waals surface area (Å²) in [6.45, 7) is 0. The van der Waals surface area contributed by atoms with Crippen molar-refractivity contribution in [3.8, 4) is 0 Å². The van der Waals surface area contributed by atoms with Crippen LogP contribution in [0.3, 0.4) is 0 Å². The standard InChI is InChI=1S/C15H10F2N2O2/c16-9-5-10(17)7-11(6-9)18-15(20)8-13-12-3-1-2-4-14(12)21-19-13/h1-7H,8H2,(H,18,20). The summed E-state index contributed by atoms with van der Waals surface area (Å²) in [7, 11) is 0. The molecule has 0 atom stereocenters. The van der Waals surface area contributed by atoms with Gasteiger partial charge in [0.25, 0.3) is 0 Å². The Labute approximate surface area is 118 Å². The maximum absolute atomic E-state index is 13.0. The second-order valence-electron chi connectivity index (χ2n) is 4.51. The van der Waals surface area contributed by atoms with Gasteiger partial charge in [0.05, 0.1) is 6.42 Å². The second kappa shape index (κ2) is 5.32. The molecule has 0 saturated heterocycles. The van der Waals surface area contributed by atoms with E-state index in [0.717, 1.165) is 23.6 Å². The predicted molar refractivity (Wildman–Crippen MR) is 72.7 cm³/mol. The van der Waals surface area contributed by atoms with Crippen molar-refractivity contribution in [3.05, 3.63) is 59.8 Å². The number of aromatic nitrogens is 1. The summed E-state index contributed by atoms with van der Waals surface area (Å²) in [6, 6.07) is 9.96. The fourth-order valence-electron chi connectivity index (χ4n) is 2.05. The molecule has 1 heterocycles. The Balaban J connectivity index is 1.77. The number of nitrogens with one attached hydrogen (secondary N) is 1. The molecule has 6 heteroatoms. The zero-order valence-electron chi connectivity index (χ0n) is 10.8. The number of halogens is 2. The van der Waals surface area contributed by atoms with Crippen LogP contribution in [0, 0.1) is 11.6 Å². The number of amides is 1. The van der Waals surface area contributed by atoms with Gasteiger partial charge >= 0.3 is 0 Å². The van der Waals surface area contributed by atoms with Crippen LogP contribution in [0.15, 0.2) is 47.0 Å². The van der Waals surface area contributed by atoms with E-state index in [4.69, 9.17) is 4.52 Å². The van der Waals surface area contributed by atoms with Gasteiger partial charge < -0.3 is 9.84 Å². The number of benzene rings is 2. The Bertz CT molecular complexity index is 794. The third kappa shape index (κ3) is 2.89. The van der Waals surface area contributed by atoms with Gasteiger partial charge in [-0.2, -0.15) is 0 Å². The monoisotopic (exact) mass is 288 g/mol. The third-order valence-corrected chi connectivity index (χ3v) is 2.93. The van der Waals surface area contributed by atoms with Crippen LogP contribution < -0.4 is 5.32 Å². The van der Waals surface area contributed by atoms with Gasteiger partial charge in [-0.1, -0.05) is 17.3 Å². The first-order valence-corrected chi connectivity index (χ1v) is 6.21. The van der Waals surface area contributed by atoms with Crippen LogP contribution in [0.25, 0.3) is 11.0 Å². The highest BCUT2D eigenvalue weighted by molar-refractivity contribution is 5.94. The van der Waals surface area contributed by atoms with Gasteiger partial charge in [0.2, 0.25) is 5.91 Å². The van der Waals surface area contributed by atoms with Crippen LogP contribution in [0.2, 0.25) is 0 Å². The highest BCUT2D eigenvalue weighted by Gasteiger charge is 2.12. The summed E-state index contributed by atoms with van der Waals surface area (Å²) in [5.41, 5.74) is 1.11. The molecule has 2 aromatic carbocycles. The van der Waals surface area contributed by atoms with E-state index >= 15 is 0 Å². The largest absolute Gasteiger partial charge is 0.356 e. The topological polar surface area (TPSA) is 55.1 Å². The van der Waals surface area contributed by atoms with Gasteiger partial charge in [0.1, 0.15) is 17.3 Å². The number of carbonyl (C=O) groups is 1. The highest BCUT2D eigenvalue weighted by atomic mass is 19.1. The van der Waals surface area contributed by atoms with Crippen LogP contribution >= 0.6 is 0 Å². The van der Waals surface area contributed by atoms with Crippen molar-refractivity contribution < 1.29 is 18.1 Å². The average Bonchev–Trinajstić information content (AvgIpc) is 2.81. The van der Waals surface area contributed by atoms with E-state index in [9.17, 15) is 13.6 Å². The first kappa shape index (κ1) is 13.2.